The molecule has 8 nitrogen and oxygen atoms in total. The lowest BCUT2D eigenvalue weighted by Crippen LogP contribution is -2.29. The Bertz CT molecular complexity index is 626. The van der Waals surface area contributed by atoms with Gasteiger partial charge in [-0.1, -0.05) is 5.21 Å². The van der Waals surface area contributed by atoms with Crippen molar-refractivity contribution in [3.63, 3.8) is 0 Å². The molecule has 1 heterocycles. The van der Waals surface area contributed by atoms with Gasteiger partial charge in [-0.2, -0.15) is 0 Å². The normalized spacial score (nSPS) is 10.6. The minimum absolute atomic E-state index is 0.0652. The first kappa shape index (κ1) is 15.0. The molecule has 0 spiro atoms. The summed E-state index contributed by atoms with van der Waals surface area (Å²) in [6, 6.07) is 3.55. The molecule has 0 saturated carbocycles. The van der Waals surface area contributed by atoms with Gasteiger partial charge in [-0.25, -0.2) is 4.68 Å². The highest BCUT2D eigenvalue weighted by molar-refractivity contribution is 5.80. The molecule has 0 aliphatic carbocycles. The Morgan fingerprint density at radius 1 is 1.33 bits per heavy atom. The molecule has 0 fully saturated rings. The minimum Gasteiger partial charge on any atom is -0.493 e. The molecular formula is C13H19N5O3. The predicted octanol–water partition coefficient (Wildman–Crippen LogP) is -0.0865. The average molecular weight is 293 g/mol. The molecular weight excluding hydrogens is 274 g/mol. The molecule has 0 radical (unpaired) electrons. The molecule has 0 unspecified atom stereocenters. The number of hydrogen-bond donors (Lipinski definition) is 2. The van der Waals surface area contributed by atoms with E-state index in [2.05, 4.69) is 15.6 Å². The molecule has 21 heavy (non-hydrogen) atoms. The molecule has 0 aliphatic rings. The van der Waals surface area contributed by atoms with Crippen molar-refractivity contribution in [2.24, 2.45) is 5.73 Å². The van der Waals surface area contributed by atoms with Gasteiger partial charge in [0.1, 0.15) is 5.52 Å². The number of nitrogens with two attached hydrogens (primary N) is 1. The molecule has 0 saturated heterocycles. The topological polar surface area (TPSA) is 104 Å². The number of rotatable bonds is 7. The van der Waals surface area contributed by atoms with Gasteiger partial charge in [-0.3, -0.25) is 4.79 Å². The maximum atomic E-state index is 11.6. The number of fused-ring (bicyclic) bond motifs is 1. The highest BCUT2D eigenvalue weighted by atomic mass is 16.5. The molecule has 3 N–H and O–H groups in total. The van der Waals surface area contributed by atoms with E-state index in [9.17, 15) is 4.79 Å². The van der Waals surface area contributed by atoms with Crippen LogP contribution in [0.4, 0.5) is 0 Å². The predicted molar refractivity (Wildman–Crippen MR) is 77.3 cm³/mol. The van der Waals surface area contributed by atoms with E-state index in [1.807, 2.05) is 0 Å². The lowest BCUT2D eigenvalue weighted by Gasteiger charge is -2.08. The van der Waals surface area contributed by atoms with Gasteiger partial charge in [0.15, 0.2) is 11.5 Å². The Morgan fingerprint density at radius 2 is 2.05 bits per heavy atom. The van der Waals surface area contributed by atoms with E-state index in [0.717, 1.165) is 5.52 Å². The number of aromatic nitrogens is 3. The average Bonchev–Trinajstić information content (AvgIpc) is 2.91. The first-order chi connectivity index (χ1) is 10.2. The van der Waals surface area contributed by atoms with Gasteiger partial charge in [0.25, 0.3) is 0 Å². The number of amides is 1. The maximum absolute atomic E-state index is 11.6. The minimum atomic E-state index is -0.0652. The van der Waals surface area contributed by atoms with E-state index in [1.54, 1.807) is 31.0 Å². The molecule has 0 aliphatic heterocycles. The highest BCUT2D eigenvalue weighted by Crippen LogP contribution is 2.31. The Kier molecular flexibility index (Phi) is 4.94. The van der Waals surface area contributed by atoms with E-state index >= 15 is 0 Å². The van der Waals surface area contributed by atoms with Crippen molar-refractivity contribution in [3.05, 3.63) is 12.1 Å². The number of carbonyl (C=O) groups excluding carboxylic acids is 1. The van der Waals surface area contributed by atoms with Gasteiger partial charge >= 0.3 is 0 Å². The summed E-state index contributed by atoms with van der Waals surface area (Å²) in [4.78, 5) is 11.6. The number of aryl methyl sites for hydroxylation is 1. The maximum Gasteiger partial charge on any atom is 0.221 e. The summed E-state index contributed by atoms with van der Waals surface area (Å²) in [5, 5.41) is 10.8. The van der Waals surface area contributed by atoms with Crippen LogP contribution >= 0.6 is 0 Å². The molecule has 2 aromatic rings. The third kappa shape index (κ3) is 3.40. The van der Waals surface area contributed by atoms with Crippen molar-refractivity contribution in [1.29, 1.82) is 0 Å². The standard InChI is InChI=1S/C13H19N5O3/c1-20-11-7-9-10(8-12(11)21-2)18(17-16-9)6-3-13(19)15-5-4-14/h7-8H,3-6,14H2,1-2H3,(H,15,19). The van der Waals surface area contributed by atoms with E-state index in [4.69, 9.17) is 15.2 Å². The Morgan fingerprint density at radius 3 is 2.71 bits per heavy atom. The monoisotopic (exact) mass is 293 g/mol. The zero-order chi connectivity index (χ0) is 15.2. The fraction of sp³-hybridized carbons (Fsp3) is 0.462. The zero-order valence-corrected chi connectivity index (χ0v) is 12.1. The number of hydrogen-bond acceptors (Lipinski definition) is 6. The van der Waals surface area contributed by atoms with Crippen LogP contribution in [-0.2, 0) is 11.3 Å². The number of benzene rings is 1. The molecule has 114 valence electrons. The zero-order valence-electron chi connectivity index (χ0n) is 12.1. The number of ether oxygens (including phenoxy) is 2. The molecule has 2 rings (SSSR count). The Labute approximate surface area is 122 Å². The van der Waals surface area contributed by atoms with E-state index in [0.29, 0.717) is 43.1 Å². The van der Waals surface area contributed by atoms with Crippen LogP contribution in [0.3, 0.4) is 0 Å². The third-order valence-electron chi connectivity index (χ3n) is 3.04. The lowest BCUT2D eigenvalue weighted by molar-refractivity contribution is -0.121. The van der Waals surface area contributed by atoms with Crippen LogP contribution in [0.1, 0.15) is 6.42 Å². The second-order valence-electron chi connectivity index (χ2n) is 4.40. The highest BCUT2D eigenvalue weighted by Gasteiger charge is 2.12. The van der Waals surface area contributed by atoms with Gasteiger partial charge in [0.2, 0.25) is 5.91 Å². The van der Waals surface area contributed by atoms with Crippen LogP contribution < -0.4 is 20.5 Å². The van der Waals surface area contributed by atoms with Gasteiger partial charge < -0.3 is 20.5 Å². The SMILES string of the molecule is COc1cc2nnn(CCC(=O)NCCN)c2cc1OC. The quantitative estimate of drug-likeness (QED) is 0.739. The summed E-state index contributed by atoms with van der Waals surface area (Å²) in [7, 11) is 3.13. The van der Waals surface area contributed by atoms with Gasteiger partial charge in [-0.05, 0) is 0 Å². The van der Waals surface area contributed by atoms with Crippen molar-refractivity contribution < 1.29 is 14.3 Å². The molecule has 1 aromatic heterocycles. The Balaban J connectivity index is 2.15. The third-order valence-corrected chi connectivity index (χ3v) is 3.04. The first-order valence-electron chi connectivity index (χ1n) is 6.61. The molecule has 1 amide bonds. The van der Waals surface area contributed by atoms with Crippen LogP contribution in [0.25, 0.3) is 11.0 Å². The van der Waals surface area contributed by atoms with Crippen molar-refractivity contribution in [3.8, 4) is 11.5 Å². The summed E-state index contributed by atoms with van der Waals surface area (Å²) in [6.07, 6.45) is 0.312. The molecule has 0 atom stereocenters. The number of nitrogens with zero attached hydrogens (tertiary/aromatic N) is 3. The van der Waals surface area contributed by atoms with Crippen molar-refractivity contribution in [2.75, 3.05) is 27.3 Å². The van der Waals surface area contributed by atoms with Crippen LogP contribution in [0.5, 0.6) is 11.5 Å². The summed E-state index contributed by atoms with van der Waals surface area (Å²) in [5.74, 6) is 1.13. The van der Waals surface area contributed by atoms with Crippen LogP contribution in [0.2, 0.25) is 0 Å². The number of carbonyl (C=O) groups is 1. The fourth-order valence-electron chi connectivity index (χ4n) is 1.97. The van der Waals surface area contributed by atoms with Crippen molar-refractivity contribution >= 4 is 16.9 Å². The van der Waals surface area contributed by atoms with Gasteiger partial charge in [0, 0.05) is 31.6 Å². The van der Waals surface area contributed by atoms with Gasteiger partial charge in [-0.15, -0.1) is 5.10 Å². The summed E-state index contributed by atoms with van der Waals surface area (Å²) in [5.41, 5.74) is 6.81. The first-order valence-corrected chi connectivity index (χ1v) is 6.61. The largest absolute Gasteiger partial charge is 0.493 e. The van der Waals surface area contributed by atoms with Crippen LogP contribution in [0.15, 0.2) is 12.1 Å². The summed E-state index contributed by atoms with van der Waals surface area (Å²) < 4.78 is 12.1. The van der Waals surface area contributed by atoms with E-state index in [1.165, 1.54) is 0 Å². The fourth-order valence-corrected chi connectivity index (χ4v) is 1.97. The van der Waals surface area contributed by atoms with Gasteiger partial charge in [0.05, 0.1) is 26.3 Å². The van der Waals surface area contributed by atoms with Crippen molar-refractivity contribution in [1.82, 2.24) is 20.3 Å². The van der Waals surface area contributed by atoms with E-state index < -0.39 is 0 Å². The molecule has 1 aromatic carbocycles. The van der Waals surface area contributed by atoms with Crippen LogP contribution in [-0.4, -0.2) is 48.2 Å². The van der Waals surface area contributed by atoms with Crippen molar-refractivity contribution in [2.45, 2.75) is 13.0 Å². The second-order valence-corrected chi connectivity index (χ2v) is 4.40. The van der Waals surface area contributed by atoms with Crippen LogP contribution in [0, 0.1) is 0 Å². The number of nitrogens with one attached hydrogen (secondary N) is 1. The van der Waals surface area contributed by atoms with E-state index in [-0.39, 0.29) is 5.91 Å². The lowest BCUT2D eigenvalue weighted by atomic mass is 10.2. The molecule has 0 bridgehead atoms. The molecule has 8 heteroatoms. The smallest absolute Gasteiger partial charge is 0.221 e. The Hall–Kier alpha value is -2.35. The summed E-state index contributed by atoms with van der Waals surface area (Å²) >= 11 is 0. The second kappa shape index (κ2) is 6.89. The summed E-state index contributed by atoms with van der Waals surface area (Å²) in [6.45, 7) is 1.33. The number of methoxy groups -OCH3 is 2.